The average molecular weight is 280 g/mol. The lowest BCUT2D eigenvalue weighted by Gasteiger charge is -2.07. The number of rotatable bonds is 5. The average Bonchev–Trinajstić information content (AvgIpc) is 2.85. The Balaban J connectivity index is 1.94. The number of nitrogens with zero attached hydrogens (tertiary/aromatic N) is 1. The van der Waals surface area contributed by atoms with Crippen molar-refractivity contribution in [2.45, 2.75) is 12.5 Å². The van der Waals surface area contributed by atoms with Crippen LogP contribution in [0.15, 0.2) is 23.7 Å². The van der Waals surface area contributed by atoms with Crippen molar-refractivity contribution in [1.29, 1.82) is 0 Å². The van der Waals surface area contributed by atoms with Gasteiger partial charge in [0.1, 0.15) is 0 Å². The summed E-state index contributed by atoms with van der Waals surface area (Å²) in [6.45, 7) is 0.104. The van der Waals surface area contributed by atoms with Crippen molar-refractivity contribution in [2.75, 3.05) is 6.54 Å². The molecule has 1 amide bonds. The maximum absolute atomic E-state index is 11.8. The number of nitrogens with one attached hydrogen (secondary N) is 1. The van der Waals surface area contributed by atoms with E-state index in [0.717, 1.165) is 10.2 Å². The number of aliphatic carboxylic acids is 1. The first kappa shape index (κ1) is 13.4. The molecule has 100 valence electrons. The number of carbonyl (C=O) groups excluding carboxylic acids is 1. The minimum atomic E-state index is -1.45. The van der Waals surface area contributed by atoms with Crippen LogP contribution < -0.4 is 5.32 Å². The van der Waals surface area contributed by atoms with E-state index in [1.54, 1.807) is 23.7 Å². The van der Waals surface area contributed by atoms with Crippen LogP contribution in [0.2, 0.25) is 0 Å². The number of amides is 1. The van der Waals surface area contributed by atoms with E-state index >= 15 is 0 Å². The maximum Gasteiger partial charge on any atom is 0.332 e. The molecule has 0 aliphatic heterocycles. The second-order valence-electron chi connectivity index (χ2n) is 3.93. The predicted octanol–water partition coefficient (Wildman–Crippen LogP) is 0.862. The lowest BCUT2D eigenvalue weighted by molar-refractivity contribution is -0.146. The first-order chi connectivity index (χ1) is 9.08. The number of thiazole rings is 1. The van der Waals surface area contributed by atoms with Gasteiger partial charge in [-0.3, -0.25) is 4.79 Å². The highest BCUT2D eigenvalue weighted by atomic mass is 32.1. The van der Waals surface area contributed by atoms with E-state index in [-0.39, 0.29) is 18.9 Å². The monoisotopic (exact) mass is 280 g/mol. The largest absolute Gasteiger partial charge is 0.479 e. The quantitative estimate of drug-likeness (QED) is 0.754. The van der Waals surface area contributed by atoms with Crippen molar-refractivity contribution in [3.8, 4) is 0 Å². The summed E-state index contributed by atoms with van der Waals surface area (Å²) in [4.78, 5) is 26.3. The normalized spacial score (nSPS) is 12.3. The highest BCUT2D eigenvalue weighted by Gasteiger charge is 2.13. The molecule has 6 nitrogen and oxygen atoms in total. The molecule has 1 heterocycles. The summed E-state index contributed by atoms with van der Waals surface area (Å²) in [6.07, 6.45) is -1.48. The summed E-state index contributed by atoms with van der Waals surface area (Å²) in [5.41, 5.74) is 3.03. The summed E-state index contributed by atoms with van der Waals surface area (Å²) in [5.74, 6) is -1.59. The Morgan fingerprint density at radius 2 is 2.21 bits per heavy atom. The Kier molecular flexibility index (Phi) is 4.08. The molecule has 0 saturated heterocycles. The molecule has 1 aromatic carbocycles. The van der Waals surface area contributed by atoms with Crippen molar-refractivity contribution in [1.82, 2.24) is 10.3 Å². The van der Waals surface area contributed by atoms with Gasteiger partial charge in [-0.25, -0.2) is 9.78 Å². The first-order valence-corrected chi connectivity index (χ1v) is 6.48. The molecule has 0 bridgehead atoms. The SMILES string of the molecule is O=C(NCC[C@H](O)C(=O)O)c1ccc2ncsc2c1. The minimum Gasteiger partial charge on any atom is -0.479 e. The molecular weight excluding hydrogens is 268 g/mol. The second-order valence-corrected chi connectivity index (χ2v) is 4.82. The zero-order valence-corrected chi connectivity index (χ0v) is 10.7. The number of carboxylic acid groups (broad SMARTS) is 1. The fraction of sp³-hybridized carbons (Fsp3) is 0.250. The van der Waals surface area contributed by atoms with Crippen LogP contribution in [-0.2, 0) is 4.79 Å². The molecule has 3 N–H and O–H groups in total. The molecule has 0 saturated carbocycles. The number of aliphatic hydroxyl groups is 1. The number of benzene rings is 1. The standard InChI is InChI=1S/C12H12N2O4S/c15-9(12(17)18)3-4-13-11(16)7-1-2-8-10(5-7)19-6-14-8/h1-2,5-6,9,15H,3-4H2,(H,13,16)(H,17,18)/t9-/m0/s1. The van der Waals surface area contributed by atoms with Crippen molar-refractivity contribution in [3.05, 3.63) is 29.3 Å². The highest BCUT2D eigenvalue weighted by molar-refractivity contribution is 7.16. The number of carbonyl (C=O) groups is 2. The fourth-order valence-corrected chi connectivity index (χ4v) is 2.26. The van der Waals surface area contributed by atoms with E-state index in [4.69, 9.17) is 10.2 Å². The zero-order chi connectivity index (χ0) is 13.8. The molecule has 2 aromatic rings. The van der Waals surface area contributed by atoms with Gasteiger partial charge in [-0.15, -0.1) is 11.3 Å². The van der Waals surface area contributed by atoms with Gasteiger partial charge in [0.25, 0.3) is 5.91 Å². The fourth-order valence-electron chi connectivity index (χ4n) is 1.54. The maximum atomic E-state index is 11.8. The Labute approximate surface area is 112 Å². The number of hydrogen-bond donors (Lipinski definition) is 3. The van der Waals surface area contributed by atoms with Crippen LogP contribution in [0, 0.1) is 0 Å². The lowest BCUT2D eigenvalue weighted by atomic mass is 10.2. The second kappa shape index (κ2) is 5.77. The van der Waals surface area contributed by atoms with Gasteiger partial charge >= 0.3 is 5.97 Å². The van der Waals surface area contributed by atoms with Gasteiger partial charge in [-0.1, -0.05) is 0 Å². The van der Waals surface area contributed by atoms with Gasteiger partial charge in [0, 0.05) is 18.5 Å². The van der Waals surface area contributed by atoms with Crippen molar-refractivity contribution >= 4 is 33.4 Å². The number of fused-ring (bicyclic) bond motifs is 1. The third-order valence-electron chi connectivity index (χ3n) is 2.58. The number of hydrogen-bond acceptors (Lipinski definition) is 5. The van der Waals surface area contributed by atoms with Crippen molar-refractivity contribution in [3.63, 3.8) is 0 Å². The van der Waals surface area contributed by atoms with E-state index in [9.17, 15) is 9.59 Å². The third-order valence-corrected chi connectivity index (χ3v) is 3.37. The molecule has 0 aliphatic carbocycles. The van der Waals surface area contributed by atoms with Gasteiger partial charge in [0.05, 0.1) is 15.7 Å². The van der Waals surface area contributed by atoms with Crippen LogP contribution in [0.25, 0.3) is 10.2 Å². The molecule has 0 aliphatic rings. The van der Waals surface area contributed by atoms with Crippen LogP contribution in [0.1, 0.15) is 16.8 Å². The third kappa shape index (κ3) is 3.27. The molecule has 0 spiro atoms. The Hall–Kier alpha value is -1.99. The number of carboxylic acids is 1. The first-order valence-electron chi connectivity index (χ1n) is 5.60. The van der Waals surface area contributed by atoms with E-state index in [1.807, 2.05) is 0 Å². The van der Waals surface area contributed by atoms with E-state index in [2.05, 4.69) is 10.3 Å². The molecule has 0 radical (unpaired) electrons. The summed E-state index contributed by atoms with van der Waals surface area (Å²) in [6, 6.07) is 5.15. The minimum absolute atomic E-state index is 0.0239. The molecule has 7 heteroatoms. The number of aliphatic hydroxyl groups excluding tert-OH is 1. The van der Waals surface area contributed by atoms with Gasteiger partial charge < -0.3 is 15.5 Å². The molecule has 1 atom stereocenters. The summed E-state index contributed by atoms with van der Waals surface area (Å²) >= 11 is 1.44. The van der Waals surface area contributed by atoms with Crippen LogP contribution in [0.3, 0.4) is 0 Å². The van der Waals surface area contributed by atoms with E-state index < -0.39 is 12.1 Å². The molecule has 19 heavy (non-hydrogen) atoms. The highest BCUT2D eigenvalue weighted by Crippen LogP contribution is 2.18. The number of aromatic nitrogens is 1. The Morgan fingerprint density at radius 3 is 2.95 bits per heavy atom. The van der Waals surface area contributed by atoms with Crippen LogP contribution in [-0.4, -0.2) is 39.7 Å². The Morgan fingerprint density at radius 1 is 1.42 bits per heavy atom. The van der Waals surface area contributed by atoms with Gasteiger partial charge in [0.15, 0.2) is 6.10 Å². The topological polar surface area (TPSA) is 99.5 Å². The van der Waals surface area contributed by atoms with Crippen LogP contribution >= 0.6 is 11.3 Å². The summed E-state index contributed by atoms with van der Waals surface area (Å²) in [7, 11) is 0. The van der Waals surface area contributed by atoms with Gasteiger partial charge in [-0.2, -0.15) is 0 Å². The Bertz CT molecular complexity index is 611. The molecular formula is C12H12N2O4S. The van der Waals surface area contributed by atoms with Crippen LogP contribution in [0.5, 0.6) is 0 Å². The molecule has 2 rings (SSSR count). The molecule has 0 unspecified atom stereocenters. The van der Waals surface area contributed by atoms with Gasteiger partial charge in [-0.05, 0) is 18.2 Å². The van der Waals surface area contributed by atoms with Crippen molar-refractivity contribution in [2.24, 2.45) is 0 Å². The van der Waals surface area contributed by atoms with E-state index in [1.165, 1.54) is 11.3 Å². The summed E-state index contributed by atoms with van der Waals surface area (Å²) < 4.78 is 0.915. The molecule has 0 fully saturated rings. The molecule has 1 aromatic heterocycles. The van der Waals surface area contributed by atoms with Gasteiger partial charge in [0.2, 0.25) is 0 Å². The smallest absolute Gasteiger partial charge is 0.332 e. The van der Waals surface area contributed by atoms with Crippen LogP contribution in [0.4, 0.5) is 0 Å². The summed E-state index contributed by atoms with van der Waals surface area (Å²) in [5, 5.41) is 20.1. The van der Waals surface area contributed by atoms with E-state index in [0.29, 0.717) is 5.56 Å². The predicted molar refractivity (Wildman–Crippen MR) is 70.2 cm³/mol. The lowest BCUT2D eigenvalue weighted by Crippen LogP contribution is -2.30. The van der Waals surface area contributed by atoms with Crippen molar-refractivity contribution < 1.29 is 19.8 Å². The zero-order valence-electron chi connectivity index (χ0n) is 9.87.